The Balaban J connectivity index is 2.79. The van der Waals surface area contributed by atoms with Crippen molar-refractivity contribution in [1.29, 1.82) is 0 Å². The molecule has 1 unspecified atom stereocenters. The summed E-state index contributed by atoms with van der Waals surface area (Å²) in [5, 5.41) is 0. The van der Waals surface area contributed by atoms with E-state index in [0.29, 0.717) is 0 Å². The molecule has 0 fully saturated rings. The van der Waals surface area contributed by atoms with Crippen LogP contribution in [0.3, 0.4) is 0 Å². The highest BCUT2D eigenvalue weighted by molar-refractivity contribution is 7.91. The van der Waals surface area contributed by atoms with Gasteiger partial charge in [0.15, 0.2) is 0 Å². The van der Waals surface area contributed by atoms with Gasteiger partial charge in [-0.2, -0.15) is 0 Å². The first-order valence-corrected chi connectivity index (χ1v) is 6.26. The highest BCUT2D eigenvalue weighted by Gasteiger charge is 2.26. The third-order valence-corrected chi connectivity index (χ3v) is 3.90. The second-order valence-corrected chi connectivity index (χ2v) is 6.70. The lowest BCUT2D eigenvalue weighted by molar-refractivity contribution is 0.561. The Hall–Kier alpha value is -0.390. The van der Waals surface area contributed by atoms with Crippen LogP contribution >= 0.6 is 11.3 Å². The SMILES string of the molecule is C/C(=N/[S+]([O-])C(C)(C)C)c1cncs1. The third kappa shape index (κ3) is 3.08. The molecule has 1 heterocycles. The molecule has 0 saturated carbocycles. The molecule has 78 valence electrons. The first-order chi connectivity index (χ1) is 6.41. The van der Waals surface area contributed by atoms with Crippen molar-refractivity contribution in [3.8, 4) is 0 Å². The van der Waals surface area contributed by atoms with Crippen LogP contribution < -0.4 is 0 Å². The van der Waals surface area contributed by atoms with E-state index < -0.39 is 11.4 Å². The lowest BCUT2D eigenvalue weighted by atomic mass is 10.3. The van der Waals surface area contributed by atoms with Gasteiger partial charge in [-0.05, 0) is 27.7 Å². The molecule has 0 spiro atoms. The van der Waals surface area contributed by atoms with Crippen LogP contribution in [-0.2, 0) is 11.4 Å². The summed E-state index contributed by atoms with van der Waals surface area (Å²) < 4.78 is 15.5. The molecule has 0 saturated heterocycles. The summed E-state index contributed by atoms with van der Waals surface area (Å²) in [4.78, 5) is 4.93. The maximum atomic E-state index is 11.7. The first-order valence-electron chi connectivity index (χ1n) is 4.27. The van der Waals surface area contributed by atoms with Crippen LogP contribution in [0.1, 0.15) is 32.6 Å². The zero-order valence-electron chi connectivity index (χ0n) is 8.77. The van der Waals surface area contributed by atoms with Crippen molar-refractivity contribution in [2.45, 2.75) is 32.4 Å². The van der Waals surface area contributed by atoms with E-state index in [1.54, 1.807) is 11.7 Å². The van der Waals surface area contributed by atoms with E-state index in [2.05, 4.69) is 9.38 Å². The molecule has 0 bridgehead atoms. The highest BCUT2D eigenvalue weighted by atomic mass is 32.2. The maximum absolute atomic E-state index is 11.7. The van der Waals surface area contributed by atoms with Crippen LogP contribution in [0.5, 0.6) is 0 Å². The van der Waals surface area contributed by atoms with Gasteiger partial charge in [-0.1, -0.05) is 4.40 Å². The molecule has 0 aliphatic heterocycles. The zero-order valence-corrected chi connectivity index (χ0v) is 10.4. The van der Waals surface area contributed by atoms with Gasteiger partial charge in [0.25, 0.3) is 0 Å². The first kappa shape index (κ1) is 11.7. The molecule has 0 aromatic carbocycles. The molecule has 1 atom stereocenters. The number of hydrogen-bond donors (Lipinski definition) is 0. The van der Waals surface area contributed by atoms with Gasteiger partial charge in [0, 0.05) is 6.20 Å². The summed E-state index contributed by atoms with van der Waals surface area (Å²) >= 11 is 0.322. The van der Waals surface area contributed by atoms with Gasteiger partial charge in [0.1, 0.15) is 21.8 Å². The van der Waals surface area contributed by atoms with E-state index in [9.17, 15) is 4.55 Å². The second kappa shape index (κ2) is 4.42. The van der Waals surface area contributed by atoms with Crippen molar-refractivity contribution in [2.75, 3.05) is 0 Å². The minimum absolute atomic E-state index is 0.300. The van der Waals surface area contributed by atoms with Crippen LogP contribution in [0.4, 0.5) is 0 Å². The lowest BCUT2D eigenvalue weighted by Crippen LogP contribution is -2.26. The molecule has 1 aromatic heterocycles. The second-order valence-electron chi connectivity index (χ2n) is 3.90. The Labute approximate surface area is 91.6 Å². The molecule has 0 amide bonds. The summed E-state index contributed by atoms with van der Waals surface area (Å²) in [7, 11) is 0. The van der Waals surface area contributed by atoms with Gasteiger partial charge in [-0.25, -0.2) is 0 Å². The average Bonchev–Trinajstić information content (AvgIpc) is 2.53. The molecule has 0 aliphatic carbocycles. The lowest BCUT2D eigenvalue weighted by Gasteiger charge is -2.18. The average molecular weight is 230 g/mol. The fourth-order valence-corrected chi connectivity index (χ4v) is 1.95. The molecular weight excluding hydrogens is 216 g/mol. The predicted molar refractivity (Wildman–Crippen MR) is 62.2 cm³/mol. The van der Waals surface area contributed by atoms with Crippen LogP contribution in [0, 0.1) is 0 Å². The van der Waals surface area contributed by atoms with Crippen LogP contribution in [0.15, 0.2) is 16.1 Å². The van der Waals surface area contributed by atoms with Crippen LogP contribution in [-0.4, -0.2) is 20.0 Å². The van der Waals surface area contributed by atoms with E-state index in [1.165, 1.54) is 11.3 Å². The Kier molecular flexibility index (Phi) is 3.69. The fourth-order valence-electron chi connectivity index (χ4n) is 0.701. The van der Waals surface area contributed by atoms with E-state index in [-0.39, 0.29) is 4.75 Å². The Bertz CT molecular complexity index is 314. The van der Waals surface area contributed by atoms with E-state index in [1.807, 2.05) is 27.7 Å². The van der Waals surface area contributed by atoms with Crippen molar-refractivity contribution < 1.29 is 4.55 Å². The standard InChI is InChI=1S/C9H14N2OS2/c1-7(8-5-10-6-13-8)11-14(12)9(2,3)4/h5-6H,1-4H3/b11-7-. The maximum Gasteiger partial charge on any atom is 0.144 e. The summed E-state index contributed by atoms with van der Waals surface area (Å²) in [5.41, 5.74) is 2.54. The molecule has 0 radical (unpaired) electrons. The van der Waals surface area contributed by atoms with E-state index in [4.69, 9.17) is 0 Å². The number of nitrogens with zero attached hydrogens (tertiary/aromatic N) is 2. The van der Waals surface area contributed by atoms with Crippen molar-refractivity contribution in [3.63, 3.8) is 0 Å². The predicted octanol–water partition coefficient (Wildman–Crippen LogP) is 2.41. The van der Waals surface area contributed by atoms with Crippen molar-refractivity contribution in [3.05, 3.63) is 16.6 Å². The smallest absolute Gasteiger partial charge is 0.144 e. The number of aromatic nitrogens is 1. The Morgan fingerprint density at radius 1 is 1.57 bits per heavy atom. The minimum Gasteiger partial charge on any atom is -0.591 e. The van der Waals surface area contributed by atoms with Crippen molar-refractivity contribution >= 4 is 28.4 Å². The number of hydrogen-bond acceptors (Lipinski definition) is 4. The summed E-state index contributed by atoms with van der Waals surface area (Å²) in [6.07, 6.45) is 1.74. The largest absolute Gasteiger partial charge is 0.591 e. The highest BCUT2D eigenvalue weighted by Crippen LogP contribution is 2.19. The minimum atomic E-state index is -1.19. The van der Waals surface area contributed by atoms with Crippen LogP contribution in [0.25, 0.3) is 0 Å². The number of thiazole rings is 1. The summed E-state index contributed by atoms with van der Waals surface area (Å²) in [6, 6.07) is 0. The van der Waals surface area contributed by atoms with Gasteiger partial charge in [-0.3, -0.25) is 4.98 Å². The van der Waals surface area contributed by atoms with Crippen LogP contribution in [0.2, 0.25) is 0 Å². The van der Waals surface area contributed by atoms with Crippen molar-refractivity contribution in [2.24, 2.45) is 4.40 Å². The van der Waals surface area contributed by atoms with Crippen molar-refractivity contribution in [1.82, 2.24) is 4.98 Å². The molecular formula is C9H14N2OS2. The van der Waals surface area contributed by atoms with Gasteiger partial charge in [-0.15, -0.1) is 11.3 Å². The number of rotatable bonds is 2. The fraction of sp³-hybridized carbons (Fsp3) is 0.556. The topological polar surface area (TPSA) is 48.3 Å². The van der Waals surface area contributed by atoms with Gasteiger partial charge in [0.2, 0.25) is 0 Å². The summed E-state index contributed by atoms with van der Waals surface area (Å²) in [5.74, 6) is 0. The third-order valence-electron chi connectivity index (χ3n) is 1.53. The quantitative estimate of drug-likeness (QED) is 0.578. The Morgan fingerprint density at radius 2 is 2.21 bits per heavy atom. The molecule has 5 heteroatoms. The zero-order chi connectivity index (χ0) is 10.8. The van der Waals surface area contributed by atoms with E-state index >= 15 is 0 Å². The molecule has 1 rings (SSSR count). The Morgan fingerprint density at radius 3 is 2.64 bits per heavy atom. The monoisotopic (exact) mass is 230 g/mol. The summed E-state index contributed by atoms with van der Waals surface area (Å²) in [6.45, 7) is 7.59. The molecule has 0 aliphatic rings. The molecule has 1 aromatic rings. The van der Waals surface area contributed by atoms with Gasteiger partial charge in [0.05, 0.1) is 10.4 Å². The van der Waals surface area contributed by atoms with E-state index in [0.717, 1.165) is 10.6 Å². The van der Waals surface area contributed by atoms with Gasteiger partial charge >= 0.3 is 0 Å². The van der Waals surface area contributed by atoms with Gasteiger partial charge < -0.3 is 4.55 Å². The molecule has 3 nitrogen and oxygen atoms in total. The normalized spacial score (nSPS) is 15.6. The molecule has 0 N–H and O–H groups in total. The molecule has 14 heavy (non-hydrogen) atoms.